The smallest absolute Gasteiger partial charge is 0.394 e. The van der Waals surface area contributed by atoms with Crippen LogP contribution in [0, 0.1) is 0 Å². The van der Waals surface area contributed by atoms with Crippen molar-refractivity contribution in [3.63, 3.8) is 0 Å². The van der Waals surface area contributed by atoms with Crippen LogP contribution >= 0.6 is 0 Å². The van der Waals surface area contributed by atoms with Crippen LogP contribution in [0.5, 0.6) is 0 Å². The Morgan fingerprint density at radius 1 is 0.296 bits per heavy atom. The number of alkyl halides is 42. The lowest BCUT2D eigenvalue weighted by atomic mass is 9.86. The first-order chi connectivity index (χ1) is 34.8. The van der Waals surface area contributed by atoms with Crippen molar-refractivity contribution in [1.29, 1.82) is 0 Å². The first-order valence-corrected chi connectivity index (χ1v) is 18.9. The molecule has 0 bridgehead atoms. The molecule has 0 unspecified atom stereocenters. The molecule has 8 nitrogen and oxygen atoms in total. The average molecular weight is 1320 g/mol. The van der Waals surface area contributed by atoms with Gasteiger partial charge in [0, 0.05) is 0 Å². The van der Waals surface area contributed by atoms with Crippen molar-refractivity contribution in [1.82, 2.24) is 0 Å². The molecule has 0 aromatic carbocycles. The van der Waals surface area contributed by atoms with Gasteiger partial charge in [0.2, 0.25) is 0 Å². The fraction of sp³-hybridized carbons (Fsp3) is 1.00. The minimum Gasteiger partial charge on any atom is -0.394 e. The molecule has 1 heterocycles. The maximum atomic E-state index is 14.5. The Kier molecular flexibility index (Phi) is 19.9. The largest absolute Gasteiger partial charge is 0.460 e. The monoisotopic (exact) mass is 1320 g/mol. The maximum absolute atomic E-state index is 14.5. The quantitative estimate of drug-likeness (QED) is 0.0601. The molecule has 4 N–H and O–H groups in total. The van der Waals surface area contributed by atoms with E-state index in [0.29, 0.717) is 0 Å². The molecular formula is C31H20F42O8. The Bertz CT molecular complexity index is 2010. The minimum absolute atomic E-state index is 1.70. The molecule has 486 valence electrons. The number of aliphatic hydroxyl groups excluding tert-OH is 4. The standard InChI is InChI=1S/C31H20F42O8/c32-12(33,14(36,37)16(40,41)18(44,45)20(48,49)22(52,53)24(56,57)26(60,61)28(64,65)30(68,69)70)4-78-2-6(80-11-10(77)9(76)8(75)7(1-74)81-11)3-79-5-13(34,35)15(38,39)17(42,43)19(46,47)21(50,51)23(54,55)25(58,59)27(62,63)29(66,67)31(71,72)73/h6-11,74-77H,1-5H2/t7-,8-,9+,10+,11+/m1/s1. The van der Waals surface area contributed by atoms with Crippen LogP contribution in [0.25, 0.3) is 0 Å². The van der Waals surface area contributed by atoms with Crippen LogP contribution in [0.15, 0.2) is 0 Å². The van der Waals surface area contributed by atoms with E-state index in [0.717, 1.165) is 0 Å². The minimum atomic E-state index is -9.71. The van der Waals surface area contributed by atoms with Crippen molar-refractivity contribution in [2.45, 2.75) is 156 Å². The third kappa shape index (κ3) is 10.9. The molecule has 0 aromatic heterocycles. The van der Waals surface area contributed by atoms with Gasteiger partial charge in [-0.15, -0.1) is 0 Å². The fourth-order valence-electron chi connectivity index (χ4n) is 5.50. The Hall–Kier alpha value is -3.26. The molecule has 1 rings (SSSR count). The van der Waals surface area contributed by atoms with E-state index in [9.17, 15) is 200 Å². The molecule has 0 saturated carbocycles. The fourth-order valence-corrected chi connectivity index (χ4v) is 5.50. The van der Waals surface area contributed by atoms with Crippen molar-refractivity contribution in [2.75, 3.05) is 33.0 Å². The van der Waals surface area contributed by atoms with E-state index in [2.05, 4.69) is 18.9 Å². The summed E-state index contributed by atoms with van der Waals surface area (Å²) in [6.45, 7) is -15.8. The molecule has 1 fully saturated rings. The molecule has 0 radical (unpaired) electrons. The van der Waals surface area contributed by atoms with E-state index in [1.54, 1.807) is 0 Å². The molecule has 0 spiro atoms. The summed E-state index contributed by atoms with van der Waals surface area (Å²) in [6, 6.07) is 0. The molecular weight excluding hydrogens is 1300 g/mol. The molecule has 50 heteroatoms. The van der Waals surface area contributed by atoms with Crippen molar-refractivity contribution in [3.05, 3.63) is 0 Å². The first kappa shape index (κ1) is 75.8. The molecule has 0 amide bonds. The molecule has 0 aromatic rings. The highest BCUT2D eigenvalue weighted by Crippen LogP contribution is 2.68. The Morgan fingerprint density at radius 2 is 0.506 bits per heavy atom. The summed E-state index contributed by atoms with van der Waals surface area (Å²) in [4.78, 5) is 0. The van der Waals surface area contributed by atoms with Gasteiger partial charge in [0.05, 0.1) is 19.8 Å². The predicted octanol–water partition coefficient (Wildman–Crippen LogP) is 10.8. The topological polar surface area (TPSA) is 118 Å². The van der Waals surface area contributed by atoms with Gasteiger partial charge in [0.1, 0.15) is 43.7 Å². The molecule has 5 atom stereocenters. The zero-order chi connectivity index (χ0) is 65.8. The molecule has 81 heavy (non-hydrogen) atoms. The first-order valence-electron chi connectivity index (χ1n) is 18.9. The summed E-state index contributed by atoms with van der Waals surface area (Å²) >= 11 is 0. The van der Waals surface area contributed by atoms with Crippen LogP contribution in [0.2, 0.25) is 0 Å². The van der Waals surface area contributed by atoms with Gasteiger partial charge < -0.3 is 39.4 Å². The zero-order valence-corrected chi connectivity index (χ0v) is 36.3. The molecule has 1 saturated heterocycles. The summed E-state index contributed by atoms with van der Waals surface area (Å²) in [5.74, 6) is -165. The van der Waals surface area contributed by atoms with Crippen LogP contribution in [-0.4, -0.2) is 209 Å². The highest BCUT2D eigenvalue weighted by Gasteiger charge is 3.00. The second-order valence-electron chi connectivity index (χ2n) is 16.1. The van der Waals surface area contributed by atoms with Crippen LogP contribution in [0.4, 0.5) is 184 Å². The Morgan fingerprint density at radius 3 is 0.716 bits per heavy atom. The second-order valence-corrected chi connectivity index (χ2v) is 16.1. The summed E-state index contributed by atoms with van der Waals surface area (Å²) in [5.41, 5.74) is 0. The SMILES string of the molecule is OC[C@H]1O[C@H](OC(COCC(F)(F)C(F)(F)C(F)(F)C(F)(F)C(F)(F)C(F)(F)C(F)(F)C(F)(F)C(F)(F)C(F)(F)F)COCC(F)(F)C(F)(F)C(F)(F)C(F)(F)C(F)(F)C(F)(F)C(F)(F)C(F)(F)C(F)(F)C(F)(F)F)[C@@H](O)[C@@H](O)[C@@H]1O. The van der Waals surface area contributed by atoms with E-state index in [4.69, 9.17) is 5.11 Å². The predicted molar refractivity (Wildman–Crippen MR) is 161 cm³/mol. The molecule has 1 aliphatic heterocycles. The molecule has 0 aliphatic carbocycles. The Labute approximate surface area is 413 Å². The number of aliphatic hydroxyl groups is 4. The van der Waals surface area contributed by atoms with Gasteiger partial charge in [0.15, 0.2) is 6.29 Å². The van der Waals surface area contributed by atoms with Gasteiger partial charge in [-0.3, -0.25) is 0 Å². The second kappa shape index (κ2) is 21.3. The number of hydrogen-bond acceptors (Lipinski definition) is 8. The van der Waals surface area contributed by atoms with Crippen LogP contribution in [0.3, 0.4) is 0 Å². The summed E-state index contributed by atoms with van der Waals surface area (Å²) < 4.78 is 591. The van der Waals surface area contributed by atoms with Gasteiger partial charge in [-0.2, -0.15) is 184 Å². The summed E-state index contributed by atoms with van der Waals surface area (Å²) in [6.07, 6.45) is -34.6. The zero-order valence-electron chi connectivity index (χ0n) is 36.3. The maximum Gasteiger partial charge on any atom is 0.460 e. The van der Waals surface area contributed by atoms with Crippen LogP contribution < -0.4 is 0 Å². The normalized spacial score (nSPS) is 22.0. The molecule has 1 aliphatic rings. The van der Waals surface area contributed by atoms with Gasteiger partial charge in [-0.05, 0) is 0 Å². The number of hydrogen-bond donors (Lipinski definition) is 4. The van der Waals surface area contributed by atoms with E-state index >= 15 is 0 Å². The van der Waals surface area contributed by atoms with Crippen molar-refractivity contribution >= 4 is 0 Å². The Balaban J connectivity index is 3.81. The average Bonchev–Trinajstić information content (AvgIpc) is 3.26. The lowest BCUT2D eigenvalue weighted by Gasteiger charge is -2.44. The summed E-state index contributed by atoms with van der Waals surface area (Å²) in [5, 5.41) is 38.6. The van der Waals surface area contributed by atoms with Crippen molar-refractivity contribution < 1.29 is 224 Å². The highest BCUT2D eigenvalue weighted by atomic mass is 19.5. The lowest BCUT2D eigenvalue weighted by molar-refractivity contribution is -0.474. The number of ether oxygens (including phenoxy) is 4. The van der Waals surface area contributed by atoms with E-state index < -0.39 is 189 Å². The van der Waals surface area contributed by atoms with E-state index in [1.807, 2.05) is 0 Å². The van der Waals surface area contributed by atoms with E-state index in [-0.39, 0.29) is 0 Å². The highest BCUT2D eigenvalue weighted by molar-refractivity contribution is 5.20. The third-order valence-electron chi connectivity index (χ3n) is 10.5. The van der Waals surface area contributed by atoms with Crippen LogP contribution in [-0.2, 0) is 18.9 Å². The van der Waals surface area contributed by atoms with Gasteiger partial charge in [0.25, 0.3) is 0 Å². The van der Waals surface area contributed by atoms with Gasteiger partial charge in [-0.25, -0.2) is 0 Å². The third-order valence-corrected chi connectivity index (χ3v) is 10.5. The van der Waals surface area contributed by atoms with E-state index in [1.165, 1.54) is 0 Å². The van der Waals surface area contributed by atoms with Crippen LogP contribution in [0.1, 0.15) is 0 Å². The number of halogens is 42. The lowest BCUT2D eigenvalue weighted by Crippen LogP contribution is -2.77. The van der Waals surface area contributed by atoms with Crippen molar-refractivity contribution in [2.24, 2.45) is 0 Å². The van der Waals surface area contributed by atoms with Gasteiger partial charge >= 0.3 is 119 Å². The van der Waals surface area contributed by atoms with Gasteiger partial charge in [-0.1, -0.05) is 0 Å². The summed E-state index contributed by atoms with van der Waals surface area (Å²) in [7, 11) is 0. The number of rotatable bonds is 27. The van der Waals surface area contributed by atoms with Crippen molar-refractivity contribution in [3.8, 4) is 0 Å².